The molecule has 0 saturated carbocycles. The molecule has 0 bridgehead atoms. The van der Waals surface area contributed by atoms with Crippen LogP contribution in [0.3, 0.4) is 0 Å². The second-order valence-electron chi connectivity index (χ2n) is 2.55. The number of aryl methyl sites for hydroxylation is 1. The van der Waals surface area contributed by atoms with Crippen molar-refractivity contribution in [2.45, 2.75) is 19.4 Å². The van der Waals surface area contributed by atoms with Crippen LogP contribution in [0.2, 0.25) is 0 Å². The van der Waals surface area contributed by atoms with E-state index in [2.05, 4.69) is 16.5 Å². The molecule has 1 heterocycles. The highest BCUT2D eigenvalue weighted by molar-refractivity contribution is 7.98. The molecule has 0 aliphatic heterocycles. The molecule has 0 aromatic carbocycles. The van der Waals surface area contributed by atoms with Crippen molar-refractivity contribution < 1.29 is 0 Å². The lowest BCUT2D eigenvalue weighted by Crippen LogP contribution is -1.96. The molecule has 1 aromatic rings. The van der Waals surface area contributed by atoms with Crippen molar-refractivity contribution in [3.05, 3.63) is 11.1 Å². The third-order valence-electron chi connectivity index (χ3n) is 1.62. The quantitative estimate of drug-likeness (QED) is 0.587. The summed E-state index contributed by atoms with van der Waals surface area (Å²) in [4.78, 5) is 0. The summed E-state index contributed by atoms with van der Waals surface area (Å²) in [7, 11) is 0. The van der Waals surface area contributed by atoms with Gasteiger partial charge in [-0.3, -0.25) is 5.10 Å². The topological polar surface area (TPSA) is 33.6 Å². The Kier molecular flexibility index (Phi) is 4.39. The summed E-state index contributed by atoms with van der Waals surface area (Å²) in [5.41, 5.74) is 0. The third-order valence-corrected chi connectivity index (χ3v) is 2.64. The van der Waals surface area contributed by atoms with Gasteiger partial charge in [0.25, 0.3) is 0 Å². The minimum absolute atomic E-state index is 0.721. The molecule has 0 aliphatic carbocycles. The Hall–Kier alpha value is -0.290. The molecule has 68 valence electrons. The van der Waals surface area contributed by atoms with Gasteiger partial charge in [-0.25, -0.2) is 0 Å². The van der Waals surface area contributed by atoms with E-state index < -0.39 is 0 Å². The first-order valence-corrected chi connectivity index (χ1v) is 5.73. The van der Waals surface area contributed by atoms with Gasteiger partial charge in [0.05, 0.1) is 0 Å². The Labute approximate surface area is 81.6 Å². The number of hydrogen-bond donors (Lipinski definition) is 1. The van der Waals surface area contributed by atoms with E-state index in [1.54, 1.807) is 6.33 Å². The molecule has 0 atom stereocenters. The summed E-state index contributed by atoms with van der Waals surface area (Å²) in [6.45, 7) is 0.982. The molecule has 1 rings (SSSR count). The van der Waals surface area contributed by atoms with Gasteiger partial charge < -0.3 is 4.57 Å². The average Bonchev–Trinajstić information content (AvgIpc) is 2.46. The van der Waals surface area contributed by atoms with Crippen molar-refractivity contribution in [2.24, 2.45) is 0 Å². The van der Waals surface area contributed by atoms with Crippen molar-refractivity contribution in [3.8, 4) is 0 Å². The van der Waals surface area contributed by atoms with Gasteiger partial charge in [-0.2, -0.15) is 16.9 Å². The Morgan fingerprint density at radius 2 is 2.50 bits per heavy atom. The predicted molar refractivity (Wildman–Crippen MR) is 55.0 cm³/mol. The number of nitrogens with one attached hydrogen (secondary N) is 1. The largest absolute Gasteiger partial charge is 0.307 e. The summed E-state index contributed by atoms with van der Waals surface area (Å²) in [5, 5.41) is 6.58. The molecule has 0 amide bonds. The van der Waals surface area contributed by atoms with Crippen molar-refractivity contribution in [1.29, 1.82) is 0 Å². The van der Waals surface area contributed by atoms with E-state index in [1.165, 1.54) is 18.6 Å². The van der Waals surface area contributed by atoms with Gasteiger partial charge in [0.2, 0.25) is 0 Å². The number of nitrogens with zero attached hydrogens (tertiary/aromatic N) is 2. The highest BCUT2D eigenvalue weighted by atomic mass is 32.2. The van der Waals surface area contributed by atoms with E-state index in [4.69, 9.17) is 12.2 Å². The summed E-state index contributed by atoms with van der Waals surface area (Å²) >= 11 is 6.89. The Balaban J connectivity index is 2.24. The van der Waals surface area contributed by atoms with Crippen LogP contribution in [0.5, 0.6) is 0 Å². The summed E-state index contributed by atoms with van der Waals surface area (Å²) in [6.07, 6.45) is 6.30. The number of unbranched alkanes of at least 4 members (excludes halogenated alkanes) is 1. The number of hydrogen-bond acceptors (Lipinski definition) is 3. The molecule has 5 heteroatoms. The van der Waals surface area contributed by atoms with Crippen LogP contribution < -0.4 is 0 Å². The van der Waals surface area contributed by atoms with Gasteiger partial charge in [0.15, 0.2) is 4.77 Å². The summed E-state index contributed by atoms with van der Waals surface area (Å²) in [5.74, 6) is 1.23. The molecule has 0 unspecified atom stereocenters. The highest BCUT2D eigenvalue weighted by Gasteiger charge is 1.92. The molecular weight excluding hydrogens is 190 g/mol. The minimum Gasteiger partial charge on any atom is -0.307 e. The second kappa shape index (κ2) is 5.37. The monoisotopic (exact) mass is 203 g/mol. The van der Waals surface area contributed by atoms with E-state index in [9.17, 15) is 0 Å². The lowest BCUT2D eigenvalue weighted by molar-refractivity contribution is 0.627. The van der Waals surface area contributed by atoms with Crippen molar-refractivity contribution in [1.82, 2.24) is 14.8 Å². The predicted octanol–water partition coefficient (Wildman–Crippen LogP) is 2.08. The lowest BCUT2D eigenvalue weighted by Gasteiger charge is -1.99. The SMILES string of the molecule is CSCCCCn1cn[nH]c1=S. The fraction of sp³-hybridized carbons (Fsp3) is 0.714. The highest BCUT2D eigenvalue weighted by Crippen LogP contribution is 2.01. The number of aromatic nitrogens is 3. The smallest absolute Gasteiger partial charge is 0.194 e. The molecule has 3 nitrogen and oxygen atoms in total. The van der Waals surface area contributed by atoms with Crippen LogP contribution in [0, 0.1) is 4.77 Å². The van der Waals surface area contributed by atoms with E-state index in [0.29, 0.717) is 0 Å². The zero-order valence-corrected chi connectivity index (χ0v) is 8.75. The molecule has 0 fully saturated rings. The molecular formula is C7H13N3S2. The van der Waals surface area contributed by atoms with Crippen LogP contribution in [-0.2, 0) is 6.54 Å². The molecule has 1 N–H and O–H groups in total. The maximum absolute atomic E-state index is 5.00. The average molecular weight is 203 g/mol. The van der Waals surface area contributed by atoms with Gasteiger partial charge in [-0.15, -0.1) is 0 Å². The Morgan fingerprint density at radius 3 is 3.08 bits per heavy atom. The van der Waals surface area contributed by atoms with Gasteiger partial charge >= 0.3 is 0 Å². The lowest BCUT2D eigenvalue weighted by atomic mass is 10.3. The normalized spacial score (nSPS) is 10.4. The van der Waals surface area contributed by atoms with Crippen LogP contribution in [0.25, 0.3) is 0 Å². The number of rotatable bonds is 5. The molecule has 0 radical (unpaired) electrons. The zero-order valence-electron chi connectivity index (χ0n) is 7.12. The van der Waals surface area contributed by atoms with Crippen molar-refractivity contribution in [2.75, 3.05) is 12.0 Å². The van der Waals surface area contributed by atoms with E-state index >= 15 is 0 Å². The van der Waals surface area contributed by atoms with Gasteiger partial charge in [-0.1, -0.05) is 0 Å². The number of H-pyrrole nitrogens is 1. The Morgan fingerprint density at radius 1 is 1.67 bits per heavy atom. The van der Waals surface area contributed by atoms with Crippen LogP contribution in [0.1, 0.15) is 12.8 Å². The van der Waals surface area contributed by atoms with Crippen LogP contribution in [0.4, 0.5) is 0 Å². The maximum atomic E-state index is 5.00. The molecule has 0 spiro atoms. The van der Waals surface area contributed by atoms with Gasteiger partial charge in [-0.05, 0) is 37.1 Å². The molecule has 1 aromatic heterocycles. The van der Waals surface area contributed by atoms with Crippen LogP contribution >= 0.6 is 24.0 Å². The van der Waals surface area contributed by atoms with Gasteiger partial charge in [0, 0.05) is 6.54 Å². The first-order chi connectivity index (χ1) is 5.84. The van der Waals surface area contributed by atoms with Crippen molar-refractivity contribution >= 4 is 24.0 Å². The van der Waals surface area contributed by atoms with Crippen LogP contribution in [0.15, 0.2) is 6.33 Å². The molecule has 12 heavy (non-hydrogen) atoms. The fourth-order valence-electron chi connectivity index (χ4n) is 0.958. The third kappa shape index (κ3) is 2.98. The summed E-state index contributed by atoms with van der Waals surface area (Å²) in [6, 6.07) is 0. The number of aromatic amines is 1. The maximum Gasteiger partial charge on any atom is 0.194 e. The second-order valence-corrected chi connectivity index (χ2v) is 3.93. The summed E-state index contributed by atoms with van der Waals surface area (Å²) < 4.78 is 2.69. The zero-order chi connectivity index (χ0) is 8.81. The van der Waals surface area contributed by atoms with E-state index in [1.807, 2.05) is 16.3 Å². The van der Waals surface area contributed by atoms with Gasteiger partial charge in [0.1, 0.15) is 6.33 Å². The first-order valence-electron chi connectivity index (χ1n) is 3.93. The van der Waals surface area contributed by atoms with Crippen molar-refractivity contribution in [3.63, 3.8) is 0 Å². The number of thioether (sulfide) groups is 1. The standard InChI is InChI=1S/C7H13N3S2/c1-12-5-3-2-4-10-6-8-9-7(10)11/h6H,2-5H2,1H3,(H,9,11). The molecule has 0 saturated heterocycles. The Bertz CT molecular complexity index is 266. The van der Waals surface area contributed by atoms with E-state index in [-0.39, 0.29) is 0 Å². The fourth-order valence-corrected chi connectivity index (χ4v) is 1.64. The van der Waals surface area contributed by atoms with Crippen LogP contribution in [-0.4, -0.2) is 26.8 Å². The van der Waals surface area contributed by atoms with E-state index in [0.717, 1.165) is 11.3 Å². The first kappa shape index (κ1) is 9.80. The molecule has 0 aliphatic rings. The minimum atomic E-state index is 0.721.